The Morgan fingerprint density at radius 1 is 1.47 bits per heavy atom. The third-order valence-electron chi connectivity index (χ3n) is 3.64. The van der Waals surface area contributed by atoms with Crippen LogP contribution in [0.2, 0.25) is 0 Å². The summed E-state index contributed by atoms with van der Waals surface area (Å²) in [6.07, 6.45) is 7.17. The van der Waals surface area contributed by atoms with E-state index in [1.54, 1.807) is 4.68 Å². The van der Waals surface area contributed by atoms with Crippen molar-refractivity contribution in [1.29, 1.82) is 0 Å². The molecule has 0 saturated carbocycles. The number of hydrogen-bond acceptors (Lipinski definition) is 3. The van der Waals surface area contributed by atoms with Crippen LogP contribution in [-0.4, -0.2) is 9.78 Å². The minimum atomic E-state index is 0.158. The van der Waals surface area contributed by atoms with Gasteiger partial charge in [0.1, 0.15) is 12.4 Å². The summed E-state index contributed by atoms with van der Waals surface area (Å²) >= 11 is 0. The number of ether oxygens (including phenoxy) is 1. The molecular formula is C15H19N3O. The van der Waals surface area contributed by atoms with E-state index in [1.165, 1.54) is 17.5 Å². The van der Waals surface area contributed by atoms with E-state index in [1.807, 2.05) is 25.5 Å². The highest BCUT2D eigenvalue weighted by Crippen LogP contribution is 2.31. The molecule has 0 fully saturated rings. The zero-order valence-corrected chi connectivity index (χ0v) is 11.2. The third kappa shape index (κ3) is 2.63. The number of rotatable bonds is 3. The Labute approximate surface area is 113 Å². The summed E-state index contributed by atoms with van der Waals surface area (Å²) in [5, 5.41) is 4.13. The van der Waals surface area contributed by atoms with Crippen molar-refractivity contribution < 1.29 is 4.74 Å². The van der Waals surface area contributed by atoms with Crippen LogP contribution in [0, 0.1) is 0 Å². The van der Waals surface area contributed by atoms with Gasteiger partial charge in [-0.1, -0.05) is 6.07 Å². The monoisotopic (exact) mass is 257 g/mol. The van der Waals surface area contributed by atoms with Crippen molar-refractivity contribution in [1.82, 2.24) is 9.78 Å². The predicted octanol–water partition coefficient (Wildman–Crippen LogP) is 2.34. The van der Waals surface area contributed by atoms with E-state index >= 15 is 0 Å². The maximum Gasteiger partial charge on any atom is 0.120 e. The van der Waals surface area contributed by atoms with Crippen LogP contribution in [0.1, 0.15) is 35.6 Å². The SMILES string of the molecule is Cn1cc(COc2ccc3c(c2)[C@H](N)CCC3)cn1. The first-order chi connectivity index (χ1) is 9.22. The highest BCUT2D eigenvalue weighted by atomic mass is 16.5. The molecule has 0 spiro atoms. The van der Waals surface area contributed by atoms with Crippen LogP contribution in [0.4, 0.5) is 0 Å². The van der Waals surface area contributed by atoms with Crippen LogP contribution in [0.3, 0.4) is 0 Å². The summed E-state index contributed by atoms with van der Waals surface area (Å²) in [4.78, 5) is 0. The minimum absolute atomic E-state index is 0.158. The highest BCUT2D eigenvalue weighted by Gasteiger charge is 2.17. The first-order valence-electron chi connectivity index (χ1n) is 6.71. The number of nitrogens with two attached hydrogens (primary N) is 1. The van der Waals surface area contributed by atoms with E-state index in [0.717, 1.165) is 24.2 Å². The van der Waals surface area contributed by atoms with Gasteiger partial charge in [-0.05, 0) is 42.5 Å². The van der Waals surface area contributed by atoms with Gasteiger partial charge in [0.05, 0.1) is 6.20 Å². The lowest BCUT2D eigenvalue weighted by Gasteiger charge is -2.22. The van der Waals surface area contributed by atoms with Gasteiger partial charge in [-0.15, -0.1) is 0 Å². The summed E-state index contributed by atoms with van der Waals surface area (Å²) < 4.78 is 7.59. The van der Waals surface area contributed by atoms with Gasteiger partial charge < -0.3 is 10.5 Å². The van der Waals surface area contributed by atoms with Gasteiger partial charge in [-0.2, -0.15) is 5.10 Å². The number of fused-ring (bicyclic) bond motifs is 1. The van der Waals surface area contributed by atoms with Crippen molar-refractivity contribution in [2.45, 2.75) is 31.9 Å². The Bertz CT molecular complexity index is 577. The van der Waals surface area contributed by atoms with Crippen molar-refractivity contribution >= 4 is 0 Å². The lowest BCUT2D eigenvalue weighted by atomic mass is 9.88. The molecular weight excluding hydrogens is 238 g/mol. The van der Waals surface area contributed by atoms with E-state index in [2.05, 4.69) is 17.2 Å². The zero-order valence-electron chi connectivity index (χ0n) is 11.2. The van der Waals surface area contributed by atoms with Gasteiger partial charge in [0.2, 0.25) is 0 Å². The van der Waals surface area contributed by atoms with Crippen molar-refractivity contribution in [2.75, 3.05) is 0 Å². The maximum atomic E-state index is 6.16. The van der Waals surface area contributed by atoms with Gasteiger partial charge in [-0.3, -0.25) is 4.68 Å². The maximum absolute atomic E-state index is 6.16. The van der Waals surface area contributed by atoms with E-state index in [4.69, 9.17) is 10.5 Å². The molecule has 4 heteroatoms. The van der Waals surface area contributed by atoms with Crippen LogP contribution in [0.15, 0.2) is 30.6 Å². The fourth-order valence-electron chi connectivity index (χ4n) is 2.62. The Balaban J connectivity index is 1.73. The molecule has 0 aliphatic heterocycles. The average Bonchev–Trinajstić information content (AvgIpc) is 2.83. The van der Waals surface area contributed by atoms with Gasteiger partial charge in [0.25, 0.3) is 0 Å². The van der Waals surface area contributed by atoms with Gasteiger partial charge >= 0.3 is 0 Å². The number of aromatic nitrogens is 2. The number of aryl methyl sites for hydroxylation is 2. The molecule has 1 aliphatic carbocycles. The predicted molar refractivity (Wildman–Crippen MR) is 73.8 cm³/mol. The molecule has 1 atom stereocenters. The summed E-state index contributed by atoms with van der Waals surface area (Å²) in [5.41, 5.74) is 9.84. The standard InChI is InChI=1S/C15H19N3O/c1-18-9-11(8-17-18)10-19-13-6-5-12-3-2-4-15(16)14(12)7-13/h5-9,15H,2-4,10,16H2,1H3/t15-/m1/s1. The van der Waals surface area contributed by atoms with Gasteiger partial charge in [0, 0.05) is 24.8 Å². The molecule has 0 amide bonds. The average molecular weight is 257 g/mol. The van der Waals surface area contributed by atoms with Gasteiger partial charge in [0.15, 0.2) is 0 Å². The Morgan fingerprint density at radius 3 is 3.16 bits per heavy atom. The van der Waals surface area contributed by atoms with Crippen LogP contribution >= 0.6 is 0 Å². The van der Waals surface area contributed by atoms with E-state index in [0.29, 0.717) is 6.61 Å². The molecule has 19 heavy (non-hydrogen) atoms. The van der Waals surface area contributed by atoms with Crippen molar-refractivity contribution in [2.24, 2.45) is 12.8 Å². The second-order valence-corrected chi connectivity index (χ2v) is 5.17. The molecule has 2 aromatic rings. The summed E-state index contributed by atoms with van der Waals surface area (Å²) in [5.74, 6) is 0.889. The molecule has 1 aromatic heterocycles. The molecule has 1 aliphatic rings. The second-order valence-electron chi connectivity index (χ2n) is 5.17. The van der Waals surface area contributed by atoms with Crippen molar-refractivity contribution in [3.63, 3.8) is 0 Å². The molecule has 1 heterocycles. The molecule has 0 radical (unpaired) electrons. The van der Waals surface area contributed by atoms with E-state index in [9.17, 15) is 0 Å². The molecule has 1 aromatic carbocycles. The fraction of sp³-hybridized carbons (Fsp3) is 0.400. The quantitative estimate of drug-likeness (QED) is 0.918. The lowest BCUT2D eigenvalue weighted by Crippen LogP contribution is -2.17. The summed E-state index contributed by atoms with van der Waals surface area (Å²) in [7, 11) is 1.90. The van der Waals surface area contributed by atoms with E-state index < -0.39 is 0 Å². The normalized spacial score (nSPS) is 18.1. The minimum Gasteiger partial charge on any atom is -0.489 e. The number of hydrogen-bond donors (Lipinski definition) is 1. The van der Waals surface area contributed by atoms with Crippen molar-refractivity contribution in [3.8, 4) is 5.75 Å². The van der Waals surface area contributed by atoms with Crippen LogP contribution < -0.4 is 10.5 Å². The number of nitrogens with zero attached hydrogens (tertiary/aromatic N) is 2. The van der Waals surface area contributed by atoms with E-state index in [-0.39, 0.29) is 6.04 Å². The first-order valence-corrected chi connectivity index (χ1v) is 6.71. The third-order valence-corrected chi connectivity index (χ3v) is 3.64. The molecule has 3 rings (SSSR count). The molecule has 4 nitrogen and oxygen atoms in total. The zero-order chi connectivity index (χ0) is 13.2. The molecule has 0 unspecified atom stereocenters. The Kier molecular flexibility index (Phi) is 3.25. The molecule has 0 saturated heterocycles. The summed E-state index contributed by atoms with van der Waals surface area (Å²) in [6, 6.07) is 6.43. The molecule has 100 valence electrons. The molecule has 2 N–H and O–H groups in total. The topological polar surface area (TPSA) is 53.1 Å². The molecule has 0 bridgehead atoms. The fourth-order valence-corrected chi connectivity index (χ4v) is 2.62. The largest absolute Gasteiger partial charge is 0.489 e. The summed E-state index contributed by atoms with van der Waals surface area (Å²) in [6.45, 7) is 0.544. The highest BCUT2D eigenvalue weighted by molar-refractivity contribution is 5.39. The Hall–Kier alpha value is -1.81. The Morgan fingerprint density at radius 2 is 2.37 bits per heavy atom. The van der Waals surface area contributed by atoms with Crippen LogP contribution in [0.5, 0.6) is 5.75 Å². The van der Waals surface area contributed by atoms with Crippen LogP contribution in [-0.2, 0) is 20.1 Å². The van der Waals surface area contributed by atoms with Gasteiger partial charge in [-0.25, -0.2) is 0 Å². The second kappa shape index (κ2) is 5.05. The lowest BCUT2D eigenvalue weighted by molar-refractivity contribution is 0.305. The first kappa shape index (κ1) is 12.2. The smallest absolute Gasteiger partial charge is 0.120 e. The van der Waals surface area contributed by atoms with Crippen LogP contribution in [0.25, 0.3) is 0 Å². The van der Waals surface area contributed by atoms with Crippen molar-refractivity contribution in [3.05, 3.63) is 47.3 Å². The number of benzene rings is 1.